The maximum Gasteiger partial charge on any atom is 0.364 e. The largest absolute Gasteiger partial charge is 0.477 e. The molecule has 6 nitrogen and oxygen atoms in total. The van der Waals surface area contributed by atoms with Gasteiger partial charge in [-0.05, 0) is 24.3 Å². The van der Waals surface area contributed by atoms with Gasteiger partial charge in [0.2, 0.25) is 9.84 Å². The molecular weight excluding hydrogens is 279 g/mol. The third-order valence-electron chi connectivity index (χ3n) is 2.82. The number of aliphatic carboxylic acids is 1. The predicted molar refractivity (Wildman–Crippen MR) is 59.3 cm³/mol. The summed E-state index contributed by atoms with van der Waals surface area (Å²) in [7, 11) is -4.46. The molecule has 1 unspecified atom stereocenters. The number of carboxylic acids is 1. The topological polar surface area (TPSA) is 97.7 Å². The highest BCUT2D eigenvalue weighted by molar-refractivity contribution is 7.93. The maximum absolute atomic E-state index is 12.8. The van der Waals surface area contributed by atoms with Crippen molar-refractivity contribution in [3.8, 4) is 0 Å². The zero-order valence-electron chi connectivity index (χ0n) is 9.50. The van der Waals surface area contributed by atoms with Crippen LogP contribution in [0.25, 0.3) is 0 Å². The standard InChI is InChI=1S/C11H9FO6S/c12-7-1-3-8(4-2-7)19(16,17)11(10(14)15)6-5-9(13)18-11/h1-4H,5-6H2,(H,14,15). The number of ether oxygens (including phenoxy) is 1. The molecule has 0 bridgehead atoms. The van der Waals surface area contributed by atoms with Gasteiger partial charge in [0.1, 0.15) is 5.82 Å². The van der Waals surface area contributed by atoms with Gasteiger partial charge in [0.25, 0.3) is 0 Å². The van der Waals surface area contributed by atoms with Crippen LogP contribution in [0.3, 0.4) is 0 Å². The van der Waals surface area contributed by atoms with Gasteiger partial charge in [-0.1, -0.05) is 0 Å². The first-order valence-corrected chi connectivity index (χ1v) is 6.73. The number of benzene rings is 1. The first-order valence-electron chi connectivity index (χ1n) is 5.25. The lowest BCUT2D eigenvalue weighted by atomic mass is 10.2. The predicted octanol–water partition coefficient (Wildman–Crippen LogP) is 0.717. The zero-order valence-corrected chi connectivity index (χ0v) is 10.3. The van der Waals surface area contributed by atoms with Crippen LogP contribution in [0.4, 0.5) is 4.39 Å². The smallest absolute Gasteiger partial charge is 0.364 e. The first kappa shape index (κ1) is 13.5. The van der Waals surface area contributed by atoms with Crippen molar-refractivity contribution in [2.24, 2.45) is 0 Å². The molecule has 0 aliphatic carbocycles. The van der Waals surface area contributed by atoms with E-state index in [9.17, 15) is 22.4 Å². The number of hydrogen-bond acceptors (Lipinski definition) is 5. The summed E-state index contributed by atoms with van der Waals surface area (Å²) in [6, 6.07) is 3.64. The summed E-state index contributed by atoms with van der Waals surface area (Å²) in [5.41, 5.74) is 0. The van der Waals surface area contributed by atoms with E-state index in [1.165, 1.54) is 0 Å². The Morgan fingerprint density at radius 2 is 1.89 bits per heavy atom. The normalized spacial score (nSPS) is 23.1. The number of hydrogen-bond donors (Lipinski definition) is 1. The van der Waals surface area contributed by atoms with Crippen molar-refractivity contribution >= 4 is 21.8 Å². The zero-order chi connectivity index (χ0) is 14.3. The molecule has 0 radical (unpaired) electrons. The fourth-order valence-electron chi connectivity index (χ4n) is 1.81. The van der Waals surface area contributed by atoms with E-state index in [1.807, 2.05) is 0 Å². The first-order chi connectivity index (χ1) is 8.79. The Morgan fingerprint density at radius 3 is 2.32 bits per heavy atom. The van der Waals surface area contributed by atoms with Crippen molar-refractivity contribution in [3.63, 3.8) is 0 Å². The molecule has 1 aliphatic rings. The Bertz CT molecular complexity index is 636. The number of carbonyl (C=O) groups is 2. The molecule has 0 saturated carbocycles. The molecule has 1 aromatic rings. The van der Waals surface area contributed by atoms with Crippen LogP contribution in [0.15, 0.2) is 29.2 Å². The molecule has 1 N–H and O–H groups in total. The molecule has 0 aromatic heterocycles. The molecule has 1 fully saturated rings. The van der Waals surface area contributed by atoms with Gasteiger partial charge in [0.05, 0.1) is 11.3 Å². The third-order valence-corrected chi connectivity index (χ3v) is 5.04. The van der Waals surface area contributed by atoms with Crippen LogP contribution in [-0.4, -0.2) is 30.4 Å². The molecule has 1 saturated heterocycles. The summed E-state index contributed by atoms with van der Waals surface area (Å²) in [5, 5.41) is 9.10. The lowest BCUT2D eigenvalue weighted by molar-refractivity contribution is -0.160. The molecule has 1 aromatic carbocycles. The summed E-state index contributed by atoms with van der Waals surface area (Å²) in [6.45, 7) is 0. The SMILES string of the molecule is O=C1CCC(C(=O)O)(S(=O)(=O)c2ccc(F)cc2)O1. The summed E-state index contributed by atoms with van der Waals surface area (Å²) in [4.78, 5) is 19.3. The highest BCUT2D eigenvalue weighted by atomic mass is 32.2. The van der Waals surface area contributed by atoms with E-state index in [0.29, 0.717) is 0 Å². The third kappa shape index (κ3) is 1.97. The van der Waals surface area contributed by atoms with Crippen LogP contribution in [0.2, 0.25) is 0 Å². The summed E-state index contributed by atoms with van der Waals surface area (Å²) in [5.74, 6) is -3.32. The van der Waals surface area contributed by atoms with Crippen LogP contribution in [0, 0.1) is 5.82 Å². The van der Waals surface area contributed by atoms with Gasteiger partial charge in [-0.25, -0.2) is 17.6 Å². The number of rotatable bonds is 3. The molecule has 19 heavy (non-hydrogen) atoms. The lowest BCUT2D eigenvalue weighted by Gasteiger charge is -2.22. The van der Waals surface area contributed by atoms with Crippen molar-refractivity contribution in [3.05, 3.63) is 30.1 Å². The van der Waals surface area contributed by atoms with E-state index in [0.717, 1.165) is 24.3 Å². The van der Waals surface area contributed by atoms with Crippen LogP contribution >= 0.6 is 0 Å². The van der Waals surface area contributed by atoms with E-state index in [4.69, 9.17) is 5.11 Å². The minimum atomic E-state index is -4.46. The minimum Gasteiger partial charge on any atom is -0.477 e. The van der Waals surface area contributed by atoms with E-state index in [1.54, 1.807) is 0 Å². The molecule has 1 heterocycles. The quantitative estimate of drug-likeness (QED) is 0.650. The number of cyclic esters (lactones) is 1. The Balaban J connectivity index is 2.56. The highest BCUT2D eigenvalue weighted by Crippen LogP contribution is 2.36. The van der Waals surface area contributed by atoms with Crippen molar-refractivity contribution < 1.29 is 32.2 Å². The van der Waals surface area contributed by atoms with Gasteiger partial charge in [0.15, 0.2) is 0 Å². The van der Waals surface area contributed by atoms with E-state index >= 15 is 0 Å². The lowest BCUT2D eigenvalue weighted by Crippen LogP contribution is -2.46. The van der Waals surface area contributed by atoms with Crippen LogP contribution in [0.5, 0.6) is 0 Å². The second kappa shape index (κ2) is 4.30. The van der Waals surface area contributed by atoms with Gasteiger partial charge in [-0.15, -0.1) is 0 Å². The van der Waals surface area contributed by atoms with Crippen molar-refractivity contribution in [2.75, 3.05) is 0 Å². The molecule has 8 heteroatoms. The molecule has 1 atom stereocenters. The number of sulfone groups is 1. The molecule has 2 rings (SSSR count). The Morgan fingerprint density at radius 1 is 1.32 bits per heavy atom. The fourth-order valence-corrected chi connectivity index (χ4v) is 3.49. The molecular formula is C11H9FO6S. The summed E-state index contributed by atoms with van der Waals surface area (Å²) >= 11 is 0. The average molecular weight is 288 g/mol. The molecule has 1 aliphatic heterocycles. The number of esters is 1. The van der Waals surface area contributed by atoms with Gasteiger partial charge in [-0.2, -0.15) is 0 Å². The van der Waals surface area contributed by atoms with Crippen molar-refractivity contribution in [1.29, 1.82) is 0 Å². The van der Waals surface area contributed by atoms with Crippen molar-refractivity contribution in [2.45, 2.75) is 22.7 Å². The summed E-state index contributed by atoms with van der Waals surface area (Å²) in [6.07, 6.45) is -0.770. The molecule has 0 amide bonds. The van der Waals surface area contributed by atoms with Gasteiger partial charge >= 0.3 is 16.9 Å². The Hall–Kier alpha value is -1.96. The number of carboxylic acid groups (broad SMARTS) is 1. The fraction of sp³-hybridized carbons (Fsp3) is 0.273. The Labute approximate surface area is 107 Å². The molecule has 102 valence electrons. The van der Waals surface area contributed by atoms with E-state index in [2.05, 4.69) is 4.74 Å². The van der Waals surface area contributed by atoms with Gasteiger partial charge < -0.3 is 9.84 Å². The number of halogens is 1. The number of carbonyl (C=O) groups excluding carboxylic acids is 1. The maximum atomic E-state index is 12.8. The van der Waals surface area contributed by atoms with Gasteiger partial charge in [0, 0.05) is 6.42 Å². The van der Waals surface area contributed by atoms with Crippen LogP contribution < -0.4 is 0 Å². The van der Waals surface area contributed by atoms with E-state index < -0.39 is 43.8 Å². The van der Waals surface area contributed by atoms with E-state index in [-0.39, 0.29) is 6.42 Å². The summed E-state index contributed by atoms with van der Waals surface area (Å²) < 4.78 is 41.9. The van der Waals surface area contributed by atoms with Crippen LogP contribution in [0.1, 0.15) is 12.8 Å². The van der Waals surface area contributed by atoms with Crippen LogP contribution in [-0.2, 0) is 24.2 Å². The Kier molecular flexibility index (Phi) is 3.05. The molecule has 0 spiro atoms. The highest BCUT2D eigenvalue weighted by Gasteiger charge is 2.59. The average Bonchev–Trinajstić information content (AvgIpc) is 2.74. The minimum absolute atomic E-state index is 0.299. The van der Waals surface area contributed by atoms with Crippen molar-refractivity contribution in [1.82, 2.24) is 0 Å². The second-order valence-corrected chi connectivity index (χ2v) is 6.13. The van der Waals surface area contributed by atoms with Gasteiger partial charge in [-0.3, -0.25) is 4.79 Å². The second-order valence-electron chi connectivity index (χ2n) is 3.99. The monoisotopic (exact) mass is 288 g/mol.